The van der Waals surface area contributed by atoms with Gasteiger partial charge >= 0.3 is 0 Å². The lowest BCUT2D eigenvalue weighted by Crippen LogP contribution is -2.35. The molecule has 1 unspecified atom stereocenters. The molecule has 0 aliphatic rings. The molecule has 0 radical (unpaired) electrons. The minimum absolute atomic E-state index is 0.158. The maximum atomic E-state index is 11.8. The molecule has 1 amide bonds. The van der Waals surface area contributed by atoms with Crippen LogP contribution < -0.4 is 11.1 Å². The third-order valence-electron chi connectivity index (χ3n) is 2.67. The first-order valence-corrected chi connectivity index (χ1v) is 5.71. The van der Waals surface area contributed by atoms with E-state index in [0.717, 1.165) is 23.0 Å². The van der Waals surface area contributed by atoms with Crippen molar-refractivity contribution in [2.45, 2.75) is 25.8 Å². The highest BCUT2D eigenvalue weighted by molar-refractivity contribution is 6.02. The third kappa shape index (κ3) is 2.45. The Hall–Kier alpha value is -1.88. The minimum atomic E-state index is -0.460. The molecule has 1 heterocycles. The fourth-order valence-corrected chi connectivity index (χ4v) is 1.74. The van der Waals surface area contributed by atoms with E-state index >= 15 is 0 Å². The van der Waals surface area contributed by atoms with Gasteiger partial charge in [-0.2, -0.15) is 5.10 Å². The molecule has 0 saturated carbocycles. The molecule has 17 heavy (non-hydrogen) atoms. The number of rotatable bonds is 4. The zero-order valence-corrected chi connectivity index (χ0v) is 9.73. The molecule has 5 heteroatoms. The van der Waals surface area contributed by atoms with Crippen molar-refractivity contribution in [3.05, 3.63) is 24.4 Å². The van der Waals surface area contributed by atoms with Crippen molar-refractivity contribution < 1.29 is 4.79 Å². The Kier molecular flexibility index (Phi) is 3.39. The first kappa shape index (κ1) is 11.6. The van der Waals surface area contributed by atoms with Crippen LogP contribution in [-0.4, -0.2) is 22.1 Å². The molecule has 0 aliphatic heterocycles. The molecule has 1 atom stereocenters. The number of carbonyl (C=O) groups excluding carboxylic acids is 1. The zero-order chi connectivity index (χ0) is 12.3. The smallest absolute Gasteiger partial charge is 0.241 e. The first-order valence-electron chi connectivity index (χ1n) is 5.71. The van der Waals surface area contributed by atoms with E-state index in [-0.39, 0.29) is 5.91 Å². The number of nitrogens with zero attached hydrogens (tertiary/aromatic N) is 1. The lowest BCUT2D eigenvalue weighted by molar-refractivity contribution is -0.117. The van der Waals surface area contributed by atoms with Gasteiger partial charge < -0.3 is 11.1 Å². The molecule has 1 aromatic carbocycles. The molecule has 5 nitrogen and oxygen atoms in total. The molecule has 0 aliphatic carbocycles. The molecule has 2 aromatic rings. The van der Waals surface area contributed by atoms with Gasteiger partial charge in [0.1, 0.15) is 0 Å². The normalized spacial score (nSPS) is 12.6. The van der Waals surface area contributed by atoms with Gasteiger partial charge in [0.05, 0.1) is 23.4 Å². The van der Waals surface area contributed by atoms with Crippen LogP contribution in [-0.2, 0) is 4.79 Å². The predicted octanol–water partition coefficient (Wildman–Crippen LogP) is 1.63. The van der Waals surface area contributed by atoms with Crippen molar-refractivity contribution >= 4 is 22.5 Å². The van der Waals surface area contributed by atoms with Crippen LogP contribution in [0, 0.1) is 0 Å². The van der Waals surface area contributed by atoms with Crippen molar-refractivity contribution in [3.8, 4) is 0 Å². The molecule has 0 fully saturated rings. The van der Waals surface area contributed by atoms with Gasteiger partial charge in [-0.3, -0.25) is 9.89 Å². The lowest BCUT2D eigenvalue weighted by atomic mass is 10.1. The number of amides is 1. The summed E-state index contributed by atoms with van der Waals surface area (Å²) in [7, 11) is 0. The van der Waals surface area contributed by atoms with E-state index < -0.39 is 6.04 Å². The number of hydrogen-bond acceptors (Lipinski definition) is 3. The Labute approximate surface area is 99.4 Å². The number of fused-ring (bicyclic) bond motifs is 1. The summed E-state index contributed by atoms with van der Waals surface area (Å²) >= 11 is 0. The standard InChI is InChI=1S/C12H16N4O/c1-2-4-9(13)12(17)15-10-6-3-5-8-7-14-16-11(8)10/h3,5-7,9H,2,4,13H2,1H3,(H,14,16)(H,15,17). The summed E-state index contributed by atoms with van der Waals surface area (Å²) in [6.07, 6.45) is 3.30. The van der Waals surface area contributed by atoms with E-state index in [0.29, 0.717) is 6.42 Å². The largest absolute Gasteiger partial charge is 0.323 e. The Morgan fingerprint density at radius 3 is 3.18 bits per heavy atom. The van der Waals surface area contributed by atoms with Crippen LogP contribution in [0.15, 0.2) is 24.4 Å². The van der Waals surface area contributed by atoms with Gasteiger partial charge in [-0.15, -0.1) is 0 Å². The number of para-hydroxylation sites is 1. The van der Waals surface area contributed by atoms with Crippen molar-refractivity contribution in [3.63, 3.8) is 0 Å². The summed E-state index contributed by atoms with van der Waals surface area (Å²) in [5.41, 5.74) is 7.30. The third-order valence-corrected chi connectivity index (χ3v) is 2.67. The van der Waals surface area contributed by atoms with Crippen molar-refractivity contribution in [1.29, 1.82) is 0 Å². The van der Waals surface area contributed by atoms with E-state index in [9.17, 15) is 4.79 Å². The van der Waals surface area contributed by atoms with Crippen molar-refractivity contribution in [1.82, 2.24) is 10.2 Å². The molecular formula is C12H16N4O. The number of aromatic nitrogens is 2. The summed E-state index contributed by atoms with van der Waals surface area (Å²) in [5.74, 6) is -0.158. The number of carbonyl (C=O) groups is 1. The van der Waals surface area contributed by atoms with Gasteiger partial charge in [0.15, 0.2) is 0 Å². The number of aromatic amines is 1. The zero-order valence-electron chi connectivity index (χ0n) is 9.73. The van der Waals surface area contributed by atoms with Gasteiger partial charge in [-0.05, 0) is 12.5 Å². The summed E-state index contributed by atoms with van der Waals surface area (Å²) in [4.78, 5) is 11.8. The molecular weight excluding hydrogens is 216 g/mol. The average molecular weight is 232 g/mol. The number of hydrogen-bond donors (Lipinski definition) is 3. The summed E-state index contributed by atoms with van der Waals surface area (Å²) < 4.78 is 0. The maximum absolute atomic E-state index is 11.8. The van der Waals surface area contributed by atoms with E-state index in [4.69, 9.17) is 5.73 Å². The topological polar surface area (TPSA) is 83.8 Å². The maximum Gasteiger partial charge on any atom is 0.241 e. The fraction of sp³-hybridized carbons (Fsp3) is 0.333. The van der Waals surface area contributed by atoms with Crippen LogP contribution >= 0.6 is 0 Å². The minimum Gasteiger partial charge on any atom is -0.323 e. The molecule has 0 bridgehead atoms. The Morgan fingerprint density at radius 2 is 2.41 bits per heavy atom. The van der Waals surface area contributed by atoms with Gasteiger partial charge in [-0.25, -0.2) is 0 Å². The van der Waals surface area contributed by atoms with Gasteiger partial charge in [-0.1, -0.05) is 25.5 Å². The lowest BCUT2D eigenvalue weighted by Gasteiger charge is -2.11. The molecule has 2 rings (SSSR count). The number of H-pyrrole nitrogens is 1. The molecule has 4 N–H and O–H groups in total. The second kappa shape index (κ2) is 4.97. The van der Waals surface area contributed by atoms with Crippen molar-refractivity contribution in [2.75, 3.05) is 5.32 Å². The highest BCUT2D eigenvalue weighted by atomic mass is 16.2. The number of nitrogens with one attached hydrogen (secondary N) is 2. The first-order chi connectivity index (χ1) is 8.22. The van der Waals surface area contributed by atoms with Gasteiger partial charge in [0.25, 0.3) is 0 Å². The highest BCUT2D eigenvalue weighted by Crippen LogP contribution is 2.20. The fourth-order valence-electron chi connectivity index (χ4n) is 1.74. The van der Waals surface area contributed by atoms with E-state index in [1.165, 1.54) is 0 Å². The van der Waals surface area contributed by atoms with Gasteiger partial charge in [0.2, 0.25) is 5.91 Å². The Morgan fingerprint density at radius 1 is 1.59 bits per heavy atom. The average Bonchev–Trinajstić information content (AvgIpc) is 2.78. The molecule has 0 saturated heterocycles. The second-order valence-electron chi connectivity index (χ2n) is 4.02. The molecule has 1 aromatic heterocycles. The Balaban J connectivity index is 2.18. The monoisotopic (exact) mass is 232 g/mol. The van der Waals surface area contributed by atoms with Crippen LogP contribution in [0.3, 0.4) is 0 Å². The van der Waals surface area contributed by atoms with Crippen LogP contribution in [0.2, 0.25) is 0 Å². The van der Waals surface area contributed by atoms with Crippen LogP contribution in [0.5, 0.6) is 0 Å². The van der Waals surface area contributed by atoms with E-state index in [2.05, 4.69) is 15.5 Å². The van der Waals surface area contributed by atoms with Crippen LogP contribution in [0.25, 0.3) is 10.9 Å². The van der Waals surface area contributed by atoms with Crippen LogP contribution in [0.1, 0.15) is 19.8 Å². The van der Waals surface area contributed by atoms with Crippen molar-refractivity contribution in [2.24, 2.45) is 5.73 Å². The number of nitrogens with two attached hydrogens (primary N) is 1. The van der Waals surface area contributed by atoms with Crippen LogP contribution in [0.4, 0.5) is 5.69 Å². The van der Waals surface area contributed by atoms with Gasteiger partial charge in [0, 0.05) is 5.39 Å². The SMILES string of the molecule is CCCC(N)C(=O)Nc1cccc2cn[nH]c12. The number of anilines is 1. The second-order valence-corrected chi connectivity index (χ2v) is 4.02. The summed E-state index contributed by atoms with van der Waals surface area (Å²) in [5, 5.41) is 10.6. The van der Waals surface area contributed by atoms with E-state index in [1.54, 1.807) is 6.20 Å². The predicted molar refractivity (Wildman–Crippen MR) is 67.6 cm³/mol. The summed E-state index contributed by atoms with van der Waals surface area (Å²) in [6.45, 7) is 2.00. The van der Waals surface area contributed by atoms with E-state index in [1.807, 2.05) is 25.1 Å². The summed E-state index contributed by atoms with van der Waals surface area (Å²) in [6, 6.07) is 5.18. The quantitative estimate of drug-likeness (QED) is 0.749. The number of benzene rings is 1. The molecule has 0 spiro atoms. The highest BCUT2D eigenvalue weighted by Gasteiger charge is 2.13. The Bertz CT molecular complexity index is 520. The molecule has 90 valence electrons.